The fourth-order valence-electron chi connectivity index (χ4n) is 2.51. The Bertz CT molecular complexity index is 725. The molecule has 0 unspecified atom stereocenters. The van der Waals surface area contributed by atoms with Crippen molar-refractivity contribution in [2.45, 2.75) is 18.8 Å². The highest BCUT2D eigenvalue weighted by molar-refractivity contribution is 5.83. The molecule has 1 fully saturated rings. The molecule has 2 aromatic heterocycles. The molecule has 4 rings (SSSR count). The smallest absolute Gasteiger partial charge is 0.133 e. The van der Waals surface area contributed by atoms with Crippen LogP contribution in [0.3, 0.4) is 0 Å². The topological polar surface area (TPSA) is 40.7 Å². The van der Waals surface area contributed by atoms with E-state index in [0.717, 1.165) is 17.0 Å². The molecule has 2 N–H and O–H groups in total. The molecule has 0 bridgehead atoms. The minimum absolute atomic E-state index is 0.699. The van der Waals surface area contributed by atoms with Crippen molar-refractivity contribution in [2.24, 2.45) is 0 Å². The molecule has 0 amide bonds. The van der Waals surface area contributed by atoms with Crippen molar-refractivity contribution in [1.29, 1.82) is 0 Å². The highest BCUT2D eigenvalue weighted by Gasteiger charge is 2.26. The second-order valence-electron chi connectivity index (χ2n) is 5.12. The molecule has 0 saturated heterocycles. The average Bonchev–Trinajstić information content (AvgIpc) is 3.17. The van der Waals surface area contributed by atoms with Crippen LogP contribution in [-0.4, -0.2) is 9.97 Å². The van der Waals surface area contributed by atoms with Crippen molar-refractivity contribution >= 4 is 22.4 Å². The van der Waals surface area contributed by atoms with Crippen LogP contribution in [0.1, 0.15) is 24.3 Å². The molecule has 19 heavy (non-hydrogen) atoms. The number of benzene rings is 1. The predicted octanol–water partition coefficient (Wildman–Crippen LogP) is 4.18. The van der Waals surface area contributed by atoms with Gasteiger partial charge >= 0.3 is 0 Å². The normalized spacial score (nSPS) is 14.7. The number of anilines is 2. The Hall–Kier alpha value is -2.29. The van der Waals surface area contributed by atoms with Gasteiger partial charge in [0.2, 0.25) is 0 Å². The monoisotopic (exact) mass is 249 g/mol. The van der Waals surface area contributed by atoms with Crippen LogP contribution in [-0.2, 0) is 0 Å². The lowest BCUT2D eigenvalue weighted by Gasteiger charge is -2.10. The second-order valence-corrected chi connectivity index (χ2v) is 5.12. The van der Waals surface area contributed by atoms with Gasteiger partial charge in [-0.05, 0) is 54.0 Å². The van der Waals surface area contributed by atoms with E-state index in [-0.39, 0.29) is 0 Å². The van der Waals surface area contributed by atoms with Crippen molar-refractivity contribution in [1.82, 2.24) is 9.97 Å². The summed E-state index contributed by atoms with van der Waals surface area (Å²) in [6, 6.07) is 12.6. The lowest BCUT2D eigenvalue weighted by Crippen LogP contribution is -1.97. The molecule has 0 atom stereocenters. The summed E-state index contributed by atoms with van der Waals surface area (Å²) in [6.45, 7) is 0. The van der Waals surface area contributed by atoms with Gasteiger partial charge in [0, 0.05) is 23.6 Å². The van der Waals surface area contributed by atoms with Crippen LogP contribution < -0.4 is 5.32 Å². The molecule has 1 aliphatic carbocycles. The summed E-state index contributed by atoms with van der Waals surface area (Å²) in [5, 5.41) is 4.68. The van der Waals surface area contributed by atoms with E-state index in [4.69, 9.17) is 0 Å². The van der Waals surface area contributed by atoms with E-state index in [1.165, 1.54) is 23.8 Å². The van der Waals surface area contributed by atoms with E-state index in [0.29, 0.717) is 5.92 Å². The molecule has 94 valence electrons. The van der Waals surface area contributed by atoms with Crippen molar-refractivity contribution in [3.63, 3.8) is 0 Å². The van der Waals surface area contributed by atoms with Crippen molar-refractivity contribution in [3.05, 3.63) is 54.4 Å². The number of fused-ring (bicyclic) bond motifs is 1. The SMILES string of the molecule is c1cnc(Nc2ccc3cc[nH]c3c2)c(C2CC2)c1. The summed E-state index contributed by atoms with van der Waals surface area (Å²) in [6.07, 6.45) is 6.39. The third-order valence-corrected chi connectivity index (χ3v) is 3.67. The van der Waals surface area contributed by atoms with Gasteiger partial charge in [0.25, 0.3) is 0 Å². The van der Waals surface area contributed by atoms with E-state index in [1.807, 2.05) is 18.5 Å². The molecule has 3 heteroatoms. The Morgan fingerprint density at radius 3 is 3.00 bits per heavy atom. The zero-order valence-electron chi connectivity index (χ0n) is 10.6. The maximum absolute atomic E-state index is 4.48. The molecule has 3 aromatic rings. The highest BCUT2D eigenvalue weighted by Crippen LogP contribution is 2.43. The summed E-state index contributed by atoms with van der Waals surface area (Å²) in [5.74, 6) is 1.70. The third kappa shape index (κ3) is 1.97. The van der Waals surface area contributed by atoms with Gasteiger partial charge in [0.05, 0.1) is 0 Å². The quantitative estimate of drug-likeness (QED) is 0.731. The minimum Gasteiger partial charge on any atom is -0.361 e. The maximum atomic E-state index is 4.48. The first-order valence-electron chi connectivity index (χ1n) is 6.69. The zero-order valence-corrected chi connectivity index (χ0v) is 10.6. The Kier molecular flexibility index (Phi) is 2.30. The number of aromatic nitrogens is 2. The largest absolute Gasteiger partial charge is 0.361 e. The summed E-state index contributed by atoms with van der Waals surface area (Å²) < 4.78 is 0. The number of nitrogens with one attached hydrogen (secondary N) is 2. The molecule has 0 spiro atoms. The predicted molar refractivity (Wildman–Crippen MR) is 77.8 cm³/mol. The third-order valence-electron chi connectivity index (χ3n) is 3.67. The lowest BCUT2D eigenvalue weighted by atomic mass is 10.1. The first-order valence-corrected chi connectivity index (χ1v) is 6.69. The van der Waals surface area contributed by atoms with E-state index >= 15 is 0 Å². The highest BCUT2D eigenvalue weighted by atomic mass is 15.0. The van der Waals surface area contributed by atoms with Crippen LogP contribution in [0, 0.1) is 0 Å². The van der Waals surface area contributed by atoms with Gasteiger partial charge in [-0.15, -0.1) is 0 Å². The van der Waals surface area contributed by atoms with Gasteiger partial charge in [-0.1, -0.05) is 12.1 Å². The van der Waals surface area contributed by atoms with Crippen molar-refractivity contribution < 1.29 is 0 Å². The Morgan fingerprint density at radius 1 is 1.16 bits per heavy atom. The van der Waals surface area contributed by atoms with Gasteiger partial charge in [-0.25, -0.2) is 4.98 Å². The number of H-pyrrole nitrogens is 1. The van der Waals surface area contributed by atoms with Crippen LogP contribution in [0.15, 0.2) is 48.8 Å². The van der Waals surface area contributed by atoms with Gasteiger partial charge in [-0.2, -0.15) is 0 Å². The average molecular weight is 249 g/mol. The summed E-state index contributed by atoms with van der Waals surface area (Å²) in [5.41, 5.74) is 3.57. The first kappa shape index (κ1) is 10.6. The molecular formula is C16H15N3. The number of hydrogen-bond acceptors (Lipinski definition) is 2. The number of hydrogen-bond donors (Lipinski definition) is 2. The molecule has 3 nitrogen and oxygen atoms in total. The summed E-state index contributed by atoms with van der Waals surface area (Å²) in [4.78, 5) is 7.72. The number of pyridine rings is 1. The molecule has 1 saturated carbocycles. The van der Waals surface area contributed by atoms with Crippen LogP contribution in [0.4, 0.5) is 11.5 Å². The van der Waals surface area contributed by atoms with E-state index < -0.39 is 0 Å². The van der Waals surface area contributed by atoms with Crippen LogP contribution in [0.25, 0.3) is 10.9 Å². The Labute approximate surface area is 111 Å². The molecular weight excluding hydrogens is 234 g/mol. The number of rotatable bonds is 3. The Balaban J connectivity index is 1.70. The Morgan fingerprint density at radius 2 is 2.11 bits per heavy atom. The lowest BCUT2D eigenvalue weighted by molar-refractivity contribution is 1.10. The summed E-state index contributed by atoms with van der Waals surface area (Å²) in [7, 11) is 0. The van der Waals surface area contributed by atoms with E-state index in [1.54, 1.807) is 0 Å². The van der Waals surface area contributed by atoms with Crippen LogP contribution >= 0.6 is 0 Å². The number of nitrogens with zero attached hydrogens (tertiary/aromatic N) is 1. The minimum atomic E-state index is 0.699. The van der Waals surface area contributed by atoms with Gasteiger partial charge in [-0.3, -0.25) is 0 Å². The van der Waals surface area contributed by atoms with Gasteiger partial charge < -0.3 is 10.3 Å². The molecule has 0 radical (unpaired) electrons. The fourth-order valence-corrected chi connectivity index (χ4v) is 2.51. The fraction of sp³-hybridized carbons (Fsp3) is 0.188. The standard InChI is InChI=1S/C16H15N3/c1-2-14(11-3-4-11)16(18-8-1)19-13-6-5-12-7-9-17-15(12)10-13/h1-2,5-11,17H,3-4H2,(H,18,19). The second kappa shape index (κ2) is 4.12. The van der Waals surface area contributed by atoms with Crippen LogP contribution in [0.5, 0.6) is 0 Å². The van der Waals surface area contributed by atoms with Gasteiger partial charge in [0.15, 0.2) is 0 Å². The maximum Gasteiger partial charge on any atom is 0.133 e. The van der Waals surface area contributed by atoms with E-state index in [2.05, 4.69) is 45.6 Å². The molecule has 2 heterocycles. The molecule has 1 aromatic carbocycles. The van der Waals surface area contributed by atoms with Gasteiger partial charge in [0.1, 0.15) is 5.82 Å². The zero-order chi connectivity index (χ0) is 12.7. The summed E-state index contributed by atoms with van der Waals surface area (Å²) >= 11 is 0. The van der Waals surface area contributed by atoms with Crippen molar-refractivity contribution in [2.75, 3.05) is 5.32 Å². The number of aromatic amines is 1. The molecule has 1 aliphatic rings. The van der Waals surface area contributed by atoms with Crippen LogP contribution in [0.2, 0.25) is 0 Å². The first-order chi connectivity index (χ1) is 9.40. The van der Waals surface area contributed by atoms with Crippen molar-refractivity contribution in [3.8, 4) is 0 Å². The van der Waals surface area contributed by atoms with E-state index in [9.17, 15) is 0 Å². The molecule has 0 aliphatic heterocycles.